The normalized spacial score (nSPS) is 11.3. The number of carbonyl (C=O) groups is 1. The number of hydrogen-bond donors (Lipinski definition) is 1. The third-order valence-corrected chi connectivity index (χ3v) is 5.72. The van der Waals surface area contributed by atoms with Crippen molar-refractivity contribution in [3.8, 4) is 11.1 Å². The van der Waals surface area contributed by atoms with Gasteiger partial charge >= 0.3 is 0 Å². The quantitative estimate of drug-likeness (QED) is 0.364. The minimum atomic E-state index is -0.495. The fourth-order valence-corrected chi connectivity index (χ4v) is 4.18. The summed E-state index contributed by atoms with van der Waals surface area (Å²) in [5, 5.41) is 2.22. The van der Waals surface area contributed by atoms with Crippen molar-refractivity contribution in [2.45, 2.75) is 6.54 Å². The molecule has 0 spiro atoms. The number of nitrogens with two attached hydrogens (primary N) is 1. The number of primary amides is 1. The summed E-state index contributed by atoms with van der Waals surface area (Å²) in [5.41, 5.74) is 10.6. The second-order valence-corrected chi connectivity index (χ2v) is 7.87. The van der Waals surface area contributed by atoms with Gasteiger partial charge in [-0.1, -0.05) is 41.9 Å². The van der Waals surface area contributed by atoms with Crippen molar-refractivity contribution in [1.82, 2.24) is 4.57 Å². The van der Waals surface area contributed by atoms with Gasteiger partial charge in [0.05, 0.1) is 11.0 Å². The molecular weight excluding hydrogens is 411 g/mol. The maximum Gasteiger partial charge on any atom is 0.249 e. The molecule has 3 nitrogen and oxygen atoms in total. The Balaban J connectivity index is 1.80. The van der Waals surface area contributed by atoms with E-state index in [4.69, 9.17) is 17.3 Å². The van der Waals surface area contributed by atoms with Gasteiger partial charge in [-0.25, -0.2) is 4.39 Å². The Hall–Kier alpha value is -3.63. The highest BCUT2D eigenvalue weighted by molar-refractivity contribution is 6.30. The number of nitrogens with zero attached hydrogens (tertiary/aromatic N) is 1. The van der Waals surface area contributed by atoms with E-state index in [2.05, 4.69) is 16.7 Å². The van der Waals surface area contributed by atoms with Crippen molar-refractivity contribution in [3.63, 3.8) is 0 Å². The summed E-state index contributed by atoms with van der Waals surface area (Å²) in [6.45, 7) is 0.442. The molecule has 0 saturated heterocycles. The van der Waals surface area contributed by atoms with E-state index in [1.54, 1.807) is 12.1 Å². The predicted molar refractivity (Wildman–Crippen MR) is 123 cm³/mol. The number of aromatic nitrogens is 1. The van der Waals surface area contributed by atoms with Crippen LogP contribution in [-0.4, -0.2) is 10.5 Å². The number of amides is 1. The lowest BCUT2D eigenvalue weighted by molar-refractivity contribution is 0.100. The molecule has 5 heteroatoms. The van der Waals surface area contributed by atoms with Crippen LogP contribution in [0.25, 0.3) is 32.9 Å². The van der Waals surface area contributed by atoms with E-state index in [1.165, 1.54) is 12.1 Å². The molecular formula is C26H17ClFN2O. The van der Waals surface area contributed by atoms with Crippen LogP contribution >= 0.6 is 11.6 Å². The van der Waals surface area contributed by atoms with Gasteiger partial charge in [0.2, 0.25) is 5.91 Å². The first kappa shape index (κ1) is 19.3. The van der Waals surface area contributed by atoms with Gasteiger partial charge in [0, 0.05) is 27.9 Å². The minimum absolute atomic E-state index is 0.287. The van der Waals surface area contributed by atoms with Crippen LogP contribution < -0.4 is 5.73 Å². The van der Waals surface area contributed by atoms with Crippen LogP contribution in [0.3, 0.4) is 0 Å². The Bertz CT molecular complexity index is 1450. The van der Waals surface area contributed by atoms with Gasteiger partial charge < -0.3 is 10.3 Å². The molecule has 4 aromatic carbocycles. The maximum absolute atomic E-state index is 13.8. The van der Waals surface area contributed by atoms with Crippen LogP contribution in [0.1, 0.15) is 15.9 Å². The van der Waals surface area contributed by atoms with Crippen molar-refractivity contribution in [1.29, 1.82) is 0 Å². The number of fused-ring (bicyclic) bond motifs is 3. The lowest BCUT2D eigenvalue weighted by Gasteiger charge is -2.09. The molecule has 0 unspecified atom stereocenters. The maximum atomic E-state index is 13.8. The summed E-state index contributed by atoms with van der Waals surface area (Å²) in [5.74, 6) is -0.782. The highest BCUT2D eigenvalue weighted by Gasteiger charge is 2.17. The molecule has 0 fully saturated rings. The Kier molecular flexibility index (Phi) is 4.72. The van der Waals surface area contributed by atoms with Crippen LogP contribution in [0.5, 0.6) is 0 Å². The van der Waals surface area contributed by atoms with E-state index in [0.717, 1.165) is 38.5 Å². The van der Waals surface area contributed by atoms with E-state index >= 15 is 0 Å². The molecule has 5 rings (SSSR count). The highest BCUT2D eigenvalue weighted by Crippen LogP contribution is 2.35. The third-order valence-electron chi connectivity index (χ3n) is 5.47. The lowest BCUT2D eigenvalue weighted by atomic mass is 10.0. The summed E-state index contributed by atoms with van der Waals surface area (Å²) >= 11 is 6.04. The van der Waals surface area contributed by atoms with E-state index < -0.39 is 5.91 Å². The van der Waals surface area contributed by atoms with E-state index in [0.29, 0.717) is 17.1 Å². The van der Waals surface area contributed by atoms with Crippen molar-refractivity contribution >= 4 is 39.3 Å². The molecule has 2 N–H and O–H groups in total. The number of rotatable bonds is 4. The van der Waals surface area contributed by atoms with Crippen molar-refractivity contribution in [3.05, 3.63) is 107 Å². The molecule has 0 aliphatic rings. The van der Waals surface area contributed by atoms with Crippen LogP contribution in [0.2, 0.25) is 5.02 Å². The van der Waals surface area contributed by atoms with Gasteiger partial charge in [-0.3, -0.25) is 4.79 Å². The zero-order chi connectivity index (χ0) is 21.5. The van der Waals surface area contributed by atoms with Gasteiger partial charge in [-0.05, 0) is 71.3 Å². The minimum Gasteiger partial charge on any atom is -0.366 e. The fourth-order valence-electron chi connectivity index (χ4n) is 4.06. The molecule has 151 valence electrons. The Labute approximate surface area is 183 Å². The van der Waals surface area contributed by atoms with Crippen molar-refractivity contribution in [2.24, 2.45) is 5.73 Å². The Morgan fingerprint density at radius 1 is 0.968 bits per heavy atom. The molecule has 0 aliphatic heterocycles. The Morgan fingerprint density at radius 3 is 2.48 bits per heavy atom. The molecule has 0 atom stereocenters. The first-order chi connectivity index (χ1) is 15.0. The lowest BCUT2D eigenvalue weighted by Crippen LogP contribution is -2.11. The summed E-state index contributed by atoms with van der Waals surface area (Å²) in [4.78, 5) is 12.1. The standard InChI is InChI=1S/C26H17ClFN2O/c27-19-10-7-17(8-11-19)18-9-12-21-24(14-18)30(15-16-3-1-4-20(28)13-16)23-6-2-5-22(25(21)23)26(29)31/h1-11,13-14H,15H2,(H2,29,31). The van der Waals surface area contributed by atoms with Gasteiger partial charge in [-0.15, -0.1) is 0 Å². The average Bonchev–Trinajstić information content (AvgIpc) is 3.07. The van der Waals surface area contributed by atoms with Crippen LogP contribution in [0.4, 0.5) is 4.39 Å². The average molecular weight is 428 g/mol. The topological polar surface area (TPSA) is 48.0 Å². The number of halogens is 2. The predicted octanol–water partition coefficient (Wildman–Crippen LogP) is 6.20. The molecule has 1 aromatic heterocycles. The smallest absolute Gasteiger partial charge is 0.249 e. The monoisotopic (exact) mass is 427 g/mol. The number of hydrogen-bond acceptors (Lipinski definition) is 1. The summed E-state index contributed by atoms with van der Waals surface area (Å²) in [7, 11) is 0. The molecule has 0 saturated carbocycles. The van der Waals surface area contributed by atoms with E-state index in [1.807, 2.05) is 48.5 Å². The van der Waals surface area contributed by atoms with Crippen LogP contribution in [-0.2, 0) is 6.54 Å². The van der Waals surface area contributed by atoms with Gasteiger partial charge in [0.25, 0.3) is 0 Å². The fraction of sp³-hybridized carbons (Fsp3) is 0.0385. The van der Waals surface area contributed by atoms with Crippen molar-refractivity contribution in [2.75, 3.05) is 0 Å². The van der Waals surface area contributed by atoms with Crippen LogP contribution in [0, 0.1) is 11.9 Å². The third kappa shape index (κ3) is 3.45. The van der Waals surface area contributed by atoms with Gasteiger partial charge in [-0.2, -0.15) is 0 Å². The molecule has 0 aliphatic carbocycles. The molecule has 0 bridgehead atoms. The molecule has 1 amide bonds. The van der Waals surface area contributed by atoms with Gasteiger partial charge in [0.1, 0.15) is 5.82 Å². The Morgan fingerprint density at radius 2 is 1.74 bits per heavy atom. The molecule has 5 aromatic rings. The molecule has 1 radical (unpaired) electrons. The zero-order valence-corrected chi connectivity index (χ0v) is 17.2. The van der Waals surface area contributed by atoms with Crippen molar-refractivity contribution < 1.29 is 9.18 Å². The largest absolute Gasteiger partial charge is 0.366 e. The second-order valence-electron chi connectivity index (χ2n) is 7.44. The summed E-state index contributed by atoms with van der Waals surface area (Å²) < 4.78 is 15.9. The summed E-state index contributed by atoms with van der Waals surface area (Å²) in [6.07, 6.45) is 0. The number of benzene rings is 4. The number of carbonyl (C=O) groups excluding carboxylic acids is 1. The van der Waals surface area contributed by atoms with E-state index in [9.17, 15) is 9.18 Å². The second kappa shape index (κ2) is 7.56. The van der Waals surface area contributed by atoms with Crippen LogP contribution in [0.15, 0.2) is 78.9 Å². The zero-order valence-electron chi connectivity index (χ0n) is 16.4. The SMILES string of the molecule is NC(=O)c1cccc2c1c1[c]cc(-c3ccc(Cl)cc3)cc1n2Cc1cccc(F)c1. The first-order valence-corrected chi connectivity index (χ1v) is 10.2. The summed E-state index contributed by atoms with van der Waals surface area (Å²) in [6, 6.07) is 26.9. The highest BCUT2D eigenvalue weighted by atomic mass is 35.5. The molecule has 1 heterocycles. The first-order valence-electron chi connectivity index (χ1n) is 9.78. The van der Waals surface area contributed by atoms with E-state index in [-0.39, 0.29) is 5.82 Å². The van der Waals surface area contributed by atoms with Gasteiger partial charge in [0.15, 0.2) is 0 Å². The molecule has 31 heavy (non-hydrogen) atoms.